The summed E-state index contributed by atoms with van der Waals surface area (Å²) in [5, 5.41) is 0. The maximum absolute atomic E-state index is 2.62. The highest BCUT2D eigenvalue weighted by molar-refractivity contribution is 4.53. The van der Waals surface area contributed by atoms with Gasteiger partial charge in [0.2, 0.25) is 0 Å². The molecule has 0 rings (SSSR count). The van der Waals surface area contributed by atoms with Crippen LogP contribution in [0.3, 0.4) is 0 Å². The summed E-state index contributed by atoms with van der Waals surface area (Å²) in [4.78, 5) is 0. The van der Waals surface area contributed by atoms with E-state index < -0.39 is 0 Å². The number of nitrogens with zero attached hydrogens (tertiary/aromatic N) is 3. The lowest BCUT2D eigenvalue weighted by Crippen LogP contribution is -2.50. The minimum atomic E-state index is 1.22. The van der Waals surface area contributed by atoms with Gasteiger partial charge in [0.25, 0.3) is 0 Å². The van der Waals surface area contributed by atoms with Crippen molar-refractivity contribution in [2.45, 2.75) is 226 Å². The molecule has 0 radical (unpaired) electrons. The lowest BCUT2D eigenvalue weighted by molar-refractivity contribution is -0.928. The monoisotopic (exact) mass is 709 g/mol. The van der Waals surface area contributed by atoms with E-state index in [4.69, 9.17) is 0 Å². The SMILES string of the molecule is CCCCCCCCCCCC[N+](C)(C)CCC[N+](C)(CCCCCCCCCCCC)CCC[N+](C)(C)CCCCCCCCCCCC. The molecular formula is C47H102N3+3. The van der Waals surface area contributed by atoms with Gasteiger partial charge < -0.3 is 13.4 Å². The summed E-state index contributed by atoms with van der Waals surface area (Å²) in [7, 11) is 12.7. The van der Waals surface area contributed by atoms with E-state index in [9.17, 15) is 0 Å². The van der Waals surface area contributed by atoms with E-state index in [1.165, 1.54) is 265 Å². The van der Waals surface area contributed by atoms with Gasteiger partial charge in [-0.15, -0.1) is 0 Å². The van der Waals surface area contributed by atoms with Gasteiger partial charge in [-0.3, -0.25) is 0 Å². The Labute approximate surface area is 319 Å². The van der Waals surface area contributed by atoms with E-state index in [0.29, 0.717) is 0 Å². The second kappa shape index (κ2) is 34.6. The second-order valence-electron chi connectivity index (χ2n) is 18.8. The highest BCUT2D eigenvalue weighted by Crippen LogP contribution is 2.17. The number of unbranched alkanes of at least 4 members (excludes halogenated alkanes) is 27. The zero-order valence-corrected chi connectivity index (χ0v) is 36.9. The van der Waals surface area contributed by atoms with E-state index >= 15 is 0 Å². The molecule has 0 N–H and O–H groups in total. The van der Waals surface area contributed by atoms with Crippen LogP contribution < -0.4 is 0 Å². The molecule has 0 spiro atoms. The molecule has 0 fully saturated rings. The van der Waals surface area contributed by atoms with E-state index in [1.807, 2.05) is 0 Å². The van der Waals surface area contributed by atoms with Crippen molar-refractivity contribution in [3.8, 4) is 0 Å². The van der Waals surface area contributed by atoms with Gasteiger partial charge in [0, 0.05) is 12.8 Å². The third-order valence-electron chi connectivity index (χ3n) is 12.2. The first kappa shape index (κ1) is 49.9. The zero-order chi connectivity index (χ0) is 37.1. The van der Waals surface area contributed by atoms with Crippen molar-refractivity contribution in [2.24, 2.45) is 0 Å². The van der Waals surface area contributed by atoms with Crippen molar-refractivity contribution >= 4 is 0 Å². The van der Waals surface area contributed by atoms with Crippen LogP contribution in [0.5, 0.6) is 0 Å². The van der Waals surface area contributed by atoms with Gasteiger partial charge in [-0.1, -0.05) is 175 Å². The maximum atomic E-state index is 2.62. The standard InChI is InChI=1S/C47H102N3/c1-9-12-15-18-21-24-27-30-33-36-41-48(4,5)43-39-46-50(8,45-38-35-32-29-26-23-20-17-14-11-3)47-40-44-49(6,7)42-37-34-31-28-25-22-19-16-13-10-2/h9-47H2,1-8H3/q+3. The lowest BCUT2D eigenvalue weighted by Gasteiger charge is -2.38. The van der Waals surface area contributed by atoms with Gasteiger partial charge in [-0.25, -0.2) is 0 Å². The van der Waals surface area contributed by atoms with Gasteiger partial charge in [-0.05, 0) is 38.5 Å². The first-order valence-corrected chi connectivity index (χ1v) is 23.6. The molecule has 0 atom stereocenters. The quantitative estimate of drug-likeness (QED) is 0.0438. The summed E-state index contributed by atoms with van der Waals surface area (Å²) < 4.78 is 3.75. The Morgan fingerprint density at radius 1 is 0.200 bits per heavy atom. The first-order valence-electron chi connectivity index (χ1n) is 23.6. The molecule has 50 heavy (non-hydrogen) atoms. The minimum Gasteiger partial charge on any atom is -0.328 e. The van der Waals surface area contributed by atoms with Crippen LogP contribution >= 0.6 is 0 Å². The van der Waals surface area contributed by atoms with Crippen LogP contribution in [-0.4, -0.2) is 94.5 Å². The molecule has 0 aromatic carbocycles. The van der Waals surface area contributed by atoms with Crippen molar-refractivity contribution in [3.05, 3.63) is 0 Å². The van der Waals surface area contributed by atoms with E-state index in [-0.39, 0.29) is 0 Å². The molecule has 0 heterocycles. The average molecular weight is 709 g/mol. The molecule has 3 heteroatoms. The Balaban J connectivity index is 4.54. The predicted octanol–water partition coefficient (Wildman–Crippen LogP) is 14.1. The van der Waals surface area contributed by atoms with Gasteiger partial charge in [-0.2, -0.15) is 0 Å². The molecule has 302 valence electrons. The van der Waals surface area contributed by atoms with Crippen molar-refractivity contribution in [3.63, 3.8) is 0 Å². The summed E-state index contributed by atoms with van der Waals surface area (Å²) in [5.41, 5.74) is 0. The average Bonchev–Trinajstić information content (AvgIpc) is 3.07. The molecule has 0 aliphatic rings. The fourth-order valence-electron chi connectivity index (χ4n) is 8.36. The molecule has 0 aromatic heterocycles. The lowest BCUT2D eigenvalue weighted by atomic mass is 10.1. The van der Waals surface area contributed by atoms with E-state index in [0.717, 1.165) is 0 Å². The number of quaternary nitrogens is 3. The van der Waals surface area contributed by atoms with Gasteiger partial charge >= 0.3 is 0 Å². The number of hydrogen-bond acceptors (Lipinski definition) is 0. The summed E-state index contributed by atoms with van der Waals surface area (Å²) >= 11 is 0. The molecule has 0 aliphatic carbocycles. The number of rotatable bonds is 41. The Kier molecular flexibility index (Phi) is 34.6. The van der Waals surface area contributed by atoms with Gasteiger partial charge in [0.15, 0.2) is 0 Å². The molecule has 0 saturated carbocycles. The Morgan fingerprint density at radius 2 is 0.380 bits per heavy atom. The van der Waals surface area contributed by atoms with E-state index in [2.05, 4.69) is 56.0 Å². The molecule has 0 aromatic rings. The maximum Gasteiger partial charge on any atom is 0.0839 e. The van der Waals surface area contributed by atoms with Crippen LogP contribution in [0.25, 0.3) is 0 Å². The summed E-state index contributed by atoms with van der Waals surface area (Å²) in [5.74, 6) is 0. The largest absolute Gasteiger partial charge is 0.328 e. The van der Waals surface area contributed by atoms with Crippen molar-refractivity contribution in [1.82, 2.24) is 0 Å². The van der Waals surface area contributed by atoms with Crippen molar-refractivity contribution in [2.75, 3.05) is 81.1 Å². The van der Waals surface area contributed by atoms with Crippen molar-refractivity contribution in [1.29, 1.82) is 0 Å². The van der Waals surface area contributed by atoms with Crippen LogP contribution in [-0.2, 0) is 0 Å². The zero-order valence-electron chi connectivity index (χ0n) is 36.9. The summed E-state index contributed by atoms with van der Waals surface area (Å²) in [6.45, 7) is 16.5. The van der Waals surface area contributed by atoms with Crippen LogP contribution in [0.1, 0.15) is 226 Å². The third kappa shape index (κ3) is 34.9. The molecule has 0 saturated heterocycles. The third-order valence-corrected chi connectivity index (χ3v) is 12.2. The first-order chi connectivity index (χ1) is 24.1. The predicted molar refractivity (Wildman–Crippen MR) is 229 cm³/mol. The molecular weight excluding hydrogens is 607 g/mol. The smallest absolute Gasteiger partial charge is 0.0839 e. The van der Waals surface area contributed by atoms with Crippen molar-refractivity contribution < 1.29 is 13.4 Å². The fraction of sp³-hybridized carbons (Fsp3) is 1.00. The number of hydrogen-bond donors (Lipinski definition) is 0. The summed E-state index contributed by atoms with van der Waals surface area (Å²) in [6, 6.07) is 0. The Bertz CT molecular complexity index is 629. The Hall–Kier alpha value is -0.120. The highest BCUT2D eigenvalue weighted by atomic mass is 15.4. The summed E-state index contributed by atoms with van der Waals surface area (Å²) in [6.07, 6.45) is 46.0. The van der Waals surface area contributed by atoms with E-state index in [1.54, 1.807) is 0 Å². The fourth-order valence-corrected chi connectivity index (χ4v) is 8.36. The van der Waals surface area contributed by atoms with Crippen LogP contribution in [0.4, 0.5) is 0 Å². The molecule has 0 bridgehead atoms. The Morgan fingerprint density at radius 3 is 0.640 bits per heavy atom. The van der Waals surface area contributed by atoms with Gasteiger partial charge in [0.05, 0.1) is 81.1 Å². The minimum absolute atomic E-state index is 1.22. The van der Waals surface area contributed by atoms with Crippen LogP contribution in [0.2, 0.25) is 0 Å². The molecule has 0 aliphatic heterocycles. The van der Waals surface area contributed by atoms with Crippen LogP contribution in [0.15, 0.2) is 0 Å². The molecule has 0 unspecified atom stereocenters. The van der Waals surface area contributed by atoms with Gasteiger partial charge in [0.1, 0.15) is 0 Å². The second-order valence-corrected chi connectivity index (χ2v) is 18.8. The normalized spacial score (nSPS) is 12.7. The molecule has 3 nitrogen and oxygen atoms in total. The highest BCUT2D eigenvalue weighted by Gasteiger charge is 2.25. The van der Waals surface area contributed by atoms with Crippen LogP contribution in [0, 0.1) is 0 Å². The topological polar surface area (TPSA) is 0 Å². The molecule has 0 amide bonds.